The molecular formula is C21H21ClF3NO5. The van der Waals surface area contributed by atoms with Crippen molar-refractivity contribution in [3.63, 3.8) is 0 Å². The molecule has 2 rings (SSSR count). The Morgan fingerprint density at radius 2 is 1.77 bits per heavy atom. The maximum Gasteiger partial charge on any atom is 0.418 e. The first-order chi connectivity index (χ1) is 14.7. The van der Waals surface area contributed by atoms with Crippen molar-refractivity contribution in [3.8, 4) is 11.5 Å². The second kappa shape index (κ2) is 10.9. The molecule has 0 radical (unpaired) electrons. The molecule has 0 fully saturated rings. The smallest absolute Gasteiger partial charge is 0.418 e. The summed E-state index contributed by atoms with van der Waals surface area (Å²) in [5.41, 5.74) is -1.50. The fourth-order valence-electron chi connectivity index (χ4n) is 2.50. The molecule has 168 valence electrons. The van der Waals surface area contributed by atoms with Gasteiger partial charge in [0.15, 0.2) is 18.1 Å². The van der Waals surface area contributed by atoms with Gasteiger partial charge in [0.25, 0.3) is 5.91 Å². The number of anilines is 1. The fraction of sp³-hybridized carbons (Fsp3) is 0.333. The zero-order chi connectivity index (χ0) is 23.0. The van der Waals surface area contributed by atoms with Crippen LogP contribution in [0.3, 0.4) is 0 Å². The van der Waals surface area contributed by atoms with Crippen LogP contribution in [0.2, 0.25) is 5.02 Å². The van der Waals surface area contributed by atoms with Crippen LogP contribution in [0.25, 0.3) is 0 Å². The van der Waals surface area contributed by atoms with Gasteiger partial charge in [-0.15, -0.1) is 0 Å². The Kier molecular flexibility index (Phi) is 8.56. The minimum Gasteiger partial charge on any atom is -0.490 e. The molecule has 0 saturated heterocycles. The molecule has 6 nitrogen and oxygen atoms in total. The minimum atomic E-state index is -4.72. The monoisotopic (exact) mass is 459 g/mol. The van der Waals surface area contributed by atoms with E-state index in [-0.39, 0.29) is 10.6 Å². The summed E-state index contributed by atoms with van der Waals surface area (Å²) in [6.45, 7) is 3.74. The molecule has 31 heavy (non-hydrogen) atoms. The van der Waals surface area contributed by atoms with Gasteiger partial charge in [0, 0.05) is 5.02 Å². The molecule has 0 unspecified atom stereocenters. The average Bonchev–Trinajstić information content (AvgIpc) is 2.71. The Balaban J connectivity index is 2.04. The van der Waals surface area contributed by atoms with Crippen molar-refractivity contribution in [1.29, 1.82) is 0 Å². The number of hydrogen-bond acceptors (Lipinski definition) is 5. The van der Waals surface area contributed by atoms with Gasteiger partial charge in [-0.3, -0.25) is 4.79 Å². The van der Waals surface area contributed by atoms with Gasteiger partial charge in [-0.2, -0.15) is 13.2 Å². The van der Waals surface area contributed by atoms with Gasteiger partial charge < -0.3 is 19.5 Å². The standard InChI is InChI=1S/C21H21ClF3NO5/c1-3-9-30-17-8-5-13(10-18(17)29-4-2)20(28)31-12-19(27)26-16-7-6-14(22)11-15(16)21(23,24)25/h5-8,10-11H,3-4,9,12H2,1-2H3,(H,26,27). The van der Waals surface area contributed by atoms with Crippen molar-refractivity contribution < 1.29 is 37.0 Å². The highest BCUT2D eigenvalue weighted by atomic mass is 35.5. The van der Waals surface area contributed by atoms with E-state index >= 15 is 0 Å². The number of ether oxygens (including phenoxy) is 3. The van der Waals surface area contributed by atoms with E-state index in [0.717, 1.165) is 12.5 Å². The number of esters is 1. The number of rotatable bonds is 9. The maximum atomic E-state index is 13.1. The summed E-state index contributed by atoms with van der Waals surface area (Å²) in [5, 5.41) is 1.94. The van der Waals surface area contributed by atoms with Crippen LogP contribution >= 0.6 is 11.6 Å². The van der Waals surface area contributed by atoms with E-state index in [0.29, 0.717) is 30.8 Å². The number of hydrogen-bond donors (Lipinski definition) is 1. The second-order valence-electron chi connectivity index (χ2n) is 6.25. The summed E-state index contributed by atoms with van der Waals surface area (Å²) in [5.74, 6) is -0.981. The summed E-state index contributed by atoms with van der Waals surface area (Å²) in [6, 6.07) is 7.32. The normalized spacial score (nSPS) is 11.0. The summed E-state index contributed by atoms with van der Waals surface area (Å²) in [6.07, 6.45) is -3.93. The maximum absolute atomic E-state index is 13.1. The molecule has 0 aromatic heterocycles. The van der Waals surface area contributed by atoms with E-state index in [2.05, 4.69) is 5.32 Å². The molecule has 0 aliphatic heterocycles. The highest BCUT2D eigenvalue weighted by molar-refractivity contribution is 6.30. The lowest BCUT2D eigenvalue weighted by atomic mass is 10.1. The predicted molar refractivity (Wildman–Crippen MR) is 109 cm³/mol. The van der Waals surface area contributed by atoms with E-state index < -0.39 is 35.9 Å². The molecule has 1 N–H and O–H groups in total. The summed E-state index contributed by atoms with van der Waals surface area (Å²) >= 11 is 5.60. The molecule has 0 atom stereocenters. The SMILES string of the molecule is CCCOc1ccc(C(=O)OCC(=O)Nc2ccc(Cl)cc2C(F)(F)F)cc1OCC. The first-order valence-electron chi connectivity index (χ1n) is 9.39. The number of halogens is 4. The second-order valence-corrected chi connectivity index (χ2v) is 6.69. The molecule has 0 spiro atoms. The minimum absolute atomic E-state index is 0.0996. The molecule has 0 aliphatic rings. The molecule has 2 aromatic rings. The average molecular weight is 460 g/mol. The van der Waals surface area contributed by atoms with Gasteiger partial charge in [0.05, 0.1) is 30.0 Å². The number of amides is 1. The Hall–Kier alpha value is -2.94. The molecule has 10 heteroatoms. The van der Waals surface area contributed by atoms with E-state index in [1.165, 1.54) is 18.2 Å². The van der Waals surface area contributed by atoms with Crippen molar-refractivity contribution in [3.05, 3.63) is 52.5 Å². The molecule has 2 aromatic carbocycles. The van der Waals surface area contributed by atoms with Crippen molar-refractivity contribution in [1.82, 2.24) is 0 Å². The first kappa shape index (κ1) is 24.3. The van der Waals surface area contributed by atoms with Gasteiger partial charge in [0.1, 0.15) is 0 Å². The molecule has 0 bridgehead atoms. The number of carbonyl (C=O) groups is 2. The van der Waals surface area contributed by atoms with E-state index in [9.17, 15) is 22.8 Å². The van der Waals surface area contributed by atoms with E-state index in [1.54, 1.807) is 13.0 Å². The highest BCUT2D eigenvalue weighted by Crippen LogP contribution is 2.36. The van der Waals surface area contributed by atoms with Crippen LogP contribution in [0.5, 0.6) is 11.5 Å². The van der Waals surface area contributed by atoms with Gasteiger partial charge in [0.2, 0.25) is 0 Å². The van der Waals surface area contributed by atoms with Crippen LogP contribution in [0.4, 0.5) is 18.9 Å². The third-order valence-corrected chi connectivity index (χ3v) is 4.07. The van der Waals surface area contributed by atoms with Crippen LogP contribution < -0.4 is 14.8 Å². The zero-order valence-electron chi connectivity index (χ0n) is 16.8. The van der Waals surface area contributed by atoms with Crippen LogP contribution in [-0.2, 0) is 15.7 Å². The van der Waals surface area contributed by atoms with Crippen molar-refractivity contribution in [2.24, 2.45) is 0 Å². The first-order valence-corrected chi connectivity index (χ1v) is 9.76. The number of nitrogens with one attached hydrogen (secondary N) is 1. The lowest BCUT2D eigenvalue weighted by Gasteiger charge is -2.14. The van der Waals surface area contributed by atoms with Crippen molar-refractivity contribution in [2.75, 3.05) is 25.1 Å². The Morgan fingerprint density at radius 1 is 1.03 bits per heavy atom. The lowest BCUT2D eigenvalue weighted by molar-refractivity contribution is -0.137. The Labute approximate surface area is 182 Å². The third-order valence-electron chi connectivity index (χ3n) is 3.84. The van der Waals surface area contributed by atoms with Crippen molar-refractivity contribution >= 4 is 29.2 Å². The van der Waals surface area contributed by atoms with Gasteiger partial charge in [-0.1, -0.05) is 18.5 Å². The fourth-order valence-corrected chi connectivity index (χ4v) is 2.67. The lowest BCUT2D eigenvalue weighted by Crippen LogP contribution is -2.22. The topological polar surface area (TPSA) is 73.9 Å². The summed E-state index contributed by atoms with van der Waals surface area (Å²) < 4.78 is 55.2. The van der Waals surface area contributed by atoms with Crippen LogP contribution in [0.15, 0.2) is 36.4 Å². The molecule has 0 aliphatic carbocycles. The van der Waals surface area contributed by atoms with E-state index in [4.69, 9.17) is 25.8 Å². The van der Waals surface area contributed by atoms with Crippen LogP contribution in [-0.4, -0.2) is 31.7 Å². The number of benzene rings is 2. The van der Waals surface area contributed by atoms with Crippen molar-refractivity contribution in [2.45, 2.75) is 26.4 Å². The Morgan fingerprint density at radius 3 is 2.42 bits per heavy atom. The Bertz CT molecular complexity index is 934. The van der Waals surface area contributed by atoms with Gasteiger partial charge in [-0.05, 0) is 49.7 Å². The molecular weight excluding hydrogens is 439 g/mol. The van der Waals surface area contributed by atoms with Gasteiger partial charge >= 0.3 is 12.1 Å². The van der Waals surface area contributed by atoms with Gasteiger partial charge in [-0.25, -0.2) is 4.79 Å². The molecule has 0 saturated carbocycles. The van der Waals surface area contributed by atoms with Crippen LogP contribution in [0, 0.1) is 0 Å². The highest BCUT2D eigenvalue weighted by Gasteiger charge is 2.34. The summed E-state index contributed by atoms with van der Waals surface area (Å²) in [7, 11) is 0. The zero-order valence-corrected chi connectivity index (χ0v) is 17.6. The van der Waals surface area contributed by atoms with E-state index in [1.807, 2.05) is 6.92 Å². The quantitative estimate of drug-likeness (QED) is 0.512. The molecule has 0 heterocycles. The third kappa shape index (κ3) is 7.06. The predicted octanol–water partition coefficient (Wildman–Crippen LogP) is 5.34. The summed E-state index contributed by atoms with van der Waals surface area (Å²) in [4.78, 5) is 24.3. The number of alkyl halides is 3. The largest absolute Gasteiger partial charge is 0.490 e. The number of carbonyl (C=O) groups excluding carboxylic acids is 2. The molecule has 1 amide bonds. The van der Waals surface area contributed by atoms with Crippen LogP contribution in [0.1, 0.15) is 36.2 Å².